The Bertz CT molecular complexity index is 775. The van der Waals surface area contributed by atoms with E-state index < -0.39 is 0 Å². The standard InChI is InChI=1S/C19H22N2O4S/c1-13-10-16(24-2)17(26-13)18(22)20-15-8-9-21(11-15)19(23)25-12-14-6-4-3-5-7-14/h3-7,10,15H,8-9,11-12H2,1-2H3,(H,20,22). The van der Waals surface area contributed by atoms with Gasteiger partial charge in [-0.1, -0.05) is 30.3 Å². The van der Waals surface area contributed by atoms with Crippen LogP contribution in [0.25, 0.3) is 0 Å². The number of benzene rings is 1. The van der Waals surface area contributed by atoms with Crippen molar-refractivity contribution in [3.8, 4) is 5.75 Å². The third kappa shape index (κ3) is 4.35. The number of carbonyl (C=O) groups excluding carboxylic acids is 2. The molecular weight excluding hydrogens is 352 g/mol. The van der Waals surface area contributed by atoms with E-state index in [1.54, 1.807) is 12.0 Å². The fourth-order valence-electron chi connectivity index (χ4n) is 2.91. The first-order chi connectivity index (χ1) is 12.6. The Morgan fingerprint density at radius 2 is 2.08 bits per heavy atom. The molecule has 2 amide bonds. The molecule has 3 rings (SSSR count). The highest BCUT2D eigenvalue weighted by atomic mass is 32.1. The number of hydrogen-bond acceptors (Lipinski definition) is 5. The van der Waals surface area contributed by atoms with Gasteiger partial charge < -0.3 is 19.7 Å². The summed E-state index contributed by atoms with van der Waals surface area (Å²) in [6, 6.07) is 11.3. The third-order valence-electron chi connectivity index (χ3n) is 4.23. The topological polar surface area (TPSA) is 67.9 Å². The van der Waals surface area contributed by atoms with Gasteiger partial charge in [-0.3, -0.25) is 4.79 Å². The van der Waals surface area contributed by atoms with Crippen LogP contribution in [-0.4, -0.2) is 43.1 Å². The number of aryl methyl sites for hydroxylation is 1. The predicted octanol–water partition coefficient (Wildman–Crippen LogP) is 3.21. The van der Waals surface area contributed by atoms with Gasteiger partial charge in [0.1, 0.15) is 17.2 Å². The van der Waals surface area contributed by atoms with Gasteiger partial charge in [0, 0.05) is 24.0 Å². The summed E-state index contributed by atoms with van der Waals surface area (Å²) in [5.41, 5.74) is 0.949. The Labute approximate surface area is 156 Å². The van der Waals surface area contributed by atoms with E-state index in [2.05, 4.69) is 5.32 Å². The van der Waals surface area contributed by atoms with Crippen LogP contribution < -0.4 is 10.1 Å². The minimum atomic E-state index is -0.352. The Kier molecular flexibility index (Phi) is 5.78. The van der Waals surface area contributed by atoms with E-state index in [0.717, 1.165) is 10.4 Å². The zero-order valence-electron chi connectivity index (χ0n) is 14.9. The van der Waals surface area contributed by atoms with Crippen molar-refractivity contribution in [1.82, 2.24) is 10.2 Å². The number of hydrogen-bond donors (Lipinski definition) is 1. The number of nitrogens with zero attached hydrogens (tertiary/aromatic N) is 1. The third-order valence-corrected chi connectivity index (χ3v) is 5.26. The van der Waals surface area contributed by atoms with E-state index in [-0.39, 0.29) is 24.6 Å². The van der Waals surface area contributed by atoms with Gasteiger partial charge >= 0.3 is 6.09 Å². The van der Waals surface area contributed by atoms with Crippen LogP contribution in [0, 0.1) is 6.92 Å². The number of carbonyl (C=O) groups is 2. The number of methoxy groups -OCH3 is 1. The second kappa shape index (κ2) is 8.23. The van der Waals surface area contributed by atoms with Crippen LogP contribution in [0.15, 0.2) is 36.4 Å². The lowest BCUT2D eigenvalue weighted by Gasteiger charge is -2.17. The summed E-state index contributed by atoms with van der Waals surface area (Å²) in [4.78, 5) is 27.9. The zero-order chi connectivity index (χ0) is 18.5. The number of amides is 2. The van der Waals surface area contributed by atoms with Gasteiger partial charge in [-0.05, 0) is 25.0 Å². The summed E-state index contributed by atoms with van der Waals surface area (Å²) in [5, 5.41) is 2.98. The molecule has 26 heavy (non-hydrogen) atoms. The fourth-order valence-corrected chi connectivity index (χ4v) is 3.79. The zero-order valence-corrected chi connectivity index (χ0v) is 15.7. The van der Waals surface area contributed by atoms with Crippen molar-refractivity contribution < 1.29 is 19.1 Å². The molecule has 1 aliphatic heterocycles. The second-order valence-corrected chi connectivity index (χ2v) is 7.46. The molecule has 7 heteroatoms. The summed E-state index contributed by atoms with van der Waals surface area (Å²) in [7, 11) is 1.55. The van der Waals surface area contributed by atoms with Crippen LogP contribution in [0.3, 0.4) is 0 Å². The lowest BCUT2D eigenvalue weighted by atomic mass is 10.2. The summed E-state index contributed by atoms with van der Waals surface area (Å²) >= 11 is 1.40. The van der Waals surface area contributed by atoms with E-state index in [1.165, 1.54) is 11.3 Å². The average molecular weight is 374 g/mol. The van der Waals surface area contributed by atoms with E-state index in [9.17, 15) is 9.59 Å². The van der Waals surface area contributed by atoms with Crippen LogP contribution >= 0.6 is 11.3 Å². The molecule has 2 aromatic rings. The van der Waals surface area contributed by atoms with E-state index in [0.29, 0.717) is 30.1 Å². The first-order valence-electron chi connectivity index (χ1n) is 8.47. The minimum absolute atomic E-state index is 0.0844. The number of likely N-dealkylation sites (tertiary alicyclic amines) is 1. The molecule has 138 valence electrons. The van der Waals surface area contributed by atoms with Crippen LogP contribution in [0.1, 0.15) is 26.5 Å². The lowest BCUT2D eigenvalue weighted by molar-refractivity contribution is 0.0923. The monoisotopic (exact) mass is 374 g/mol. The maximum atomic E-state index is 12.5. The molecule has 0 bridgehead atoms. The highest BCUT2D eigenvalue weighted by Gasteiger charge is 2.29. The van der Waals surface area contributed by atoms with Gasteiger partial charge in [-0.25, -0.2) is 4.79 Å². The fraction of sp³-hybridized carbons (Fsp3) is 0.368. The van der Waals surface area contributed by atoms with Gasteiger partial charge in [0.15, 0.2) is 0 Å². The van der Waals surface area contributed by atoms with Gasteiger partial charge in [0.25, 0.3) is 5.91 Å². The molecule has 0 saturated carbocycles. The quantitative estimate of drug-likeness (QED) is 0.873. The Morgan fingerprint density at radius 3 is 2.81 bits per heavy atom. The Morgan fingerprint density at radius 1 is 1.31 bits per heavy atom. The number of ether oxygens (including phenoxy) is 2. The summed E-state index contributed by atoms with van der Waals surface area (Å²) in [6.07, 6.45) is 0.355. The smallest absolute Gasteiger partial charge is 0.410 e. The van der Waals surface area contributed by atoms with Crippen molar-refractivity contribution in [1.29, 1.82) is 0 Å². The van der Waals surface area contributed by atoms with Crippen LogP contribution in [0.2, 0.25) is 0 Å². The second-order valence-electron chi connectivity index (χ2n) is 6.20. The molecule has 1 saturated heterocycles. The Balaban J connectivity index is 1.50. The van der Waals surface area contributed by atoms with Crippen molar-refractivity contribution in [2.45, 2.75) is 26.0 Å². The Hall–Kier alpha value is -2.54. The molecule has 1 atom stereocenters. The molecule has 0 aliphatic carbocycles. The van der Waals surface area contributed by atoms with Crippen molar-refractivity contribution in [2.24, 2.45) is 0 Å². The molecule has 1 unspecified atom stereocenters. The predicted molar refractivity (Wildman–Crippen MR) is 99.7 cm³/mol. The molecule has 6 nitrogen and oxygen atoms in total. The summed E-state index contributed by atoms with van der Waals surface area (Å²) in [6.45, 7) is 3.20. The largest absolute Gasteiger partial charge is 0.495 e. The van der Waals surface area contributed by atoms with Gasteiger partial charge in [0.2, 0.25) is 0 Å². The molecule has 1 N–H and O–H groups in total. The van der Waals surface area contributed by atoms with Crippen molar-refractivity contribution in [3.05, 3.63) is 51.7 Å². The number of thiophene rings is 1. The molecule has 1 aromatic heterocycles. The van der Waals surface area contributed by atoms with Crippen LogP contribution in [-0.2, 0) is 11.3 Å². The number of nitrogens with one attached hydrogen (secondary N) is 1. The number of rotatable bonds is 5. The van der Waals surface area contributed by atoms with Crippen LogP contribution in [0.4, 0.5) is 4.79 Å². The summed E-state index contributed by atoms with van der Waals surface area (Å²) in [5.74, 6) is 0.423. The molecule has 1 aliphatic rings. The molecule has 0 spiro atoms. The van der Waals surface area contributed by atoms with E-state index in [1.807, 2.05) is 43.3 Å². The maximum Gasteiger partial charge on any atom is 0.410 e. The normalized spacial score (nSPS) is 16.4. The summed E-state index contributed by atoms with van der Waals surface area (Å²) < 4.78 is 10.6. The van der Waals surface area contributed by atoms with Crippen LogP contribution in [0.5, 0.6) is 5.75 Å². The van der Waals surface area contributed by atoms with Crippen molar-refractivity contribution in [3.63, 3.8) is 0 Å². The average Bonchev–Trinajstić information content (AvgIpc) is 3.27. The minimum Gasteiger partial charge on any atom is -0.495 e. The molecule has 0 radical (unpaired) electrons. The van der Waals surface area contributed by atoms with Gasteiger partial charge in [-0.2, -0.15) is 0 Å². The SMILES string of the molecule is COc1cc(C)sc1C(=O)NC1CCN(C(=O)OCc2ccccc2)C1. The first-order valence-corrected chi connectivity index (χ1v) is 9.29. The molecular formula is C19H22N2O4S. The highest BCUT2D eigenvalue weighted by Crippen LogP contribution is 2.28. The molecule has 1 aromatic carbocycles. The molecule has 2 heterocycles. The highest BCUT2D eigenvalue weighted by molar-refractivity contribution is 7.14. The lowest BCUT2D eigenvalue weighted by Crippen LogP contribution is -2.38. The van der Waals surface area contributed by atoms with E-state index in [4.69, 9.17) is 9.47 Å². The van der Waals surface area contributed by atoms with Crippen molar-refractivity contribution >= 4 is 23.3 Å². The van der Waals surface area contributed by atoms with E-state index >= 15 is 0 Å². The maximum absolute atomic E-state index is 12.5. The van der Waals surface area contributed by atoms with Gasteiger partial charge in [0.05, 0.1) is 7.11 Å². The molecule has 1 fully saturated rings. The van der Waals surface area contributed by atoms with Crippen molar-refractivity contribution in [2.75, 3.05) is 20.2 Å². The first kappa shape index (κ1) is 18.3. The van der Waals surface area contributed by atoms with Gasteiger partial charge in [-0.15, -0.1) is 11.3 Å².